The maximum absolute atomic E-state index is 12.5. The minimum atomic E-state index is -4.53. The van der Waals surface area contributed by atoms with Crippen LogP contribution in [0.15, 0.2) is 21.6 Å². The van der Waals surface area contributed by atoms with E-state index in [-0.39, 0.29) is 15.2 Å². The normalized spacial score (nSPS) is 11.0. The van der Waals surface area contributed by atoms with Gasteiger partial charge in [0.15, 0.2) is 0 Å². The van der Waals surface area contributed by atoms with Crippen molar-refractivity contribution in [1.29, 1.82) is 0 Å². The van der Waals surface area contributed by atoms with Crippen molar-refractivity contribution >= 4 is 50.6 Å². The molecule has 0 unspecified atom stereocenters. The minimum Gasteiger partial charge on any atom is -0.193 e. The molecular weight excluding hydrogens is 315 g/mol. The smallest absolute Gasteiger partial charge is 0.193 e. The van der Waals surface area contributed by atoms with Crippen molar-refractivity contribution < 1.29 is 13.2 Å². The molecule has 0 saturated carbocycles. The molecule has 0 bridgehead atoms. The van der Waals surface area contributed by atoms with Crippen LogP contribution < -0.4 is 0 Å². The molecule has 0 radical (unpaired) electrons. The Kier molecular flexibility index (Phi) is 3.89. The van der Waals surface area contributed by atoms with Crippen molar-refractivity contribution in [1.82, 2.24) is 0 Å². The van der Waals surface area contributed by atoms with Gasteiger partial charge < -0.3 is 0 Å². The Morgan fingerprint density at radius 3 is 2.47 bits per heavy atom. The maximum Gasteiger partial charge on any atom is 0.418 e. The molecule has 1 aromatic rings. The van der Waals surface area contributed by atoms with Crippen LogP contribution in [0.5, 0.6) is 0 Å². The van der Waals surface area contributed by atoms with E-state index >= 15 is 0 Å². The summed E-state index contributed by atoms with van der Waals surface area (Å²) in [5.74, 6) is 0. The summed E-state index contributed by atoms with van der Waals surface area (Å²) in [6.45, 7) is 0. The lowest BCUT2D eigenvalue weighted by atomic mass is 10.2. The molecule has 1 aromatic carbocycles. The summed E-state index contributed by atoms with van der Waals surface area (Å²) in [4.78, 5) is 3.35. The SMILES string of the molecule is FC(F)(F)c1cc(Cl)cc(Br)c1N=C=S. The Hall–Kier alpha value is -0.420. The van der Waals surface area contributed by atoms with E-state index in [1.807, 2.05) is 5.16 Å². The van der Waals surface area contributed by atoms with Gasteiger partial charge in [0, 0.05) is 9.50 Å². The first-order valence-corrected chi connectivity index (χ1v) is 5.08. The molecule has 0 N–H and O–H groups in total. The molecule has 0 aliphatic carbocycles. The van der Waals surface area contributed by atoms with Gasteiger partial charge in [-0.3, -0.25) is 0 Å². The second kappa shape index (κ2) is 4.61. The van der Waals surface area contributed by atoms with Gasteiger partial charge in [0.2, 0.25) is 0 Å². The molecule has 7 heteroatoms. The van der Waals surface area contributed by atoms with Crippen LogP contribution in [-0.4, -0.2) is 5.16 Å². The molecule has 0 saturated heterocycles. The van der Waals surface area contributed by atoms with Crippen LogP contribution in [0, 0.1) is 0 Å². The van der Waals surface area contributed by atoms with Crippen LogP contribution in [0.2, 0.25) is 5.02 Å². The summed E-state index contributed by atoms with van der Waals surface area (Å²) in [5.41, 5.74) is -1.26. The number of nitrogens with zero attached hydrogens (tertiary/aromatic N) is 1. The van der Waals surface area contributed by atoms with Gasteiger partial charge in [0.05, 0.1) is 10.7 Å². The molecular formula is C8H2BrClF3NS. The topological polar surface area (TPSA) is 12.4 Å². The molecule has 0 spiro atoms. The van der Waals surface area contributed by atoms with Gasteiger partial charge in [0.25, 0.3) is 0 Å². The zero-order valence-electron chi connectivity index (χ0n) is 6.90. The van der Waals surface area contributed by atoms with Gasteiger partial charge >= 0.3 is 6.18 Å². The first-order valence-electron chi connectivity index (χ1n) is 3.50. The number of benzene rings is 1. The summed E-state index contributed by atoms with van der Waals surface area (Å²) in [6.07, 6.45) is -4.53. The monoisotopic (exact) mass is 315 g/mol. The van der Waals surface area contributed by atoms with Gasteiger partial charge in [-0.05, 0) is 40.3 Å². The minimum absolute atomic E-state index is 0.0301. The Bertz CT molecular complexity index is 440. The molecule has 0 aromatic heterocycles. The van der Waals surface area contributed by atoms with Gasteiger partial charge in [0.1, 0.15) is 5.69 Å². The van der Waals surface area contributed by atoms with E-state index in [1.165, 1.54) is 6.07 Å². The Balaban J connectivity index is 3.54. The molecule has 0 heterocycles. The van der Waals surface area contributed by atoms with Crippen molar-refractivity contribution in [3.8, 4) is 0 Å². The molecule has 80 valence electrons. The number of alkyl halides is 3. The number of halogens is 5. The van der Waals surface area contributed by atoms with E-state index in [2.05, 4.69) is 33.1 Å². The van der Waals surface area contributed by atoms with E-state index in [1.54, 1.807) is 0 Å². The molecule has 1 nitrogen and oxygen atoms in total. The Labute approximate surface area is 102 Å². The van der Waals surface area contributed by atoms with Crippen LogP contribution in [0.1, 0.15) is 5.56 Å². The molecule has 0 fully saturated rings. The van der Waals surface area contributed by atoms with Gasteiger partial charge in [-0.1, -0.05) is 11.6 Å². The number of hydrogen-bond acceptors (Lipinski definition) is 2. The number of isothiocyanates is 1. The molecule has 0 atom stereocenters. The highest BCUT2D eigenvalue weighted by Crippen LogP contribution is 2.42. The highest BCUT2D eigenvalue weighted by Gasteiger charge is 2.34. The fraction of sp³-hybridized carbons (Fsp3) is 0.125. The van der Waals surface area contributed by atoms with Crippen molar-refractivity contribution in [2.75, 3.05) is 0 Å². The average molecular weight is 317 g/mol. The average Bonchev–Trinajstić information content (AvgIpc) is 2.07. The fourth-order valence-corrected chi connectivity index (χ4v) is 1.93. The van der Waals surface area contributed by atoms with Crippen molar-refractivity contribution in [2.24, 2.45) is 4.99 Å². The van der Waals surface area contributed by atoms with E-state index < -0.39 is 11.7 Å². The second-order valence-electron chi connectivity index (χ2n) is 2.48. The van der Waals surface area contributed by atoms with Crippen molar-refractivity contribution in [3.63, 3.8) is 0 Å². The van der Waals surface area contributed by atoms with E-state index in [0.717, 1.165) is 6.07 Å². The summed E-state index contributed by atoms with van der Waals surface area (Å²) in [5, 5.41) is 1.86. The Morgan fingerprint density at radius 2 is 2.00 bits per heavy atom. The molecule has 0 amide bonds. The zero-order valence-corrected chi connectivity index (χ0v) is 10.1. The lowest BCUT2D eigenvalue weighted by molar-refractivity contribution is -0.137. The molecule has 15 heavy (non-hydrogen) atoms. The zero-order chi connectivity index (χ0) is 11.6. The largest absolute Gasteiger partial charge is 0.418 e. The maximum atomic E-state index is 12.5. The predicted octanol–water partition coefficient (Wildman–Crippen LogP) is 4.86. The fourth-order valence-electron chi connectivity index (χ4n) is 0.941. The summed E-state index contributed by atoms with van der Waals surface area (Å²) >= 11 is 12.7. The first-order chi connectivity index (χ1) is 6.86. The Morgan fingerprint density at radius 1 is 1.40 bits per heavy atom. The lowest BCUT2D eigenvalue weighted by Gasteiger charge is -2.10. The molecule has 0 aliphatic rings. The summed E-state index contributed by atoms with van der Waals surface area (Å²) in [6, 6.07) is 2.10. The van der Waals surface area contributed by atoms with Crippen molar-refractivity contribution in [2.45, 2.75) is 6.18 Å². The molecule has 0 aliphatic heterocycles. The van der Waals surface area contributed by atoms with Crippen LogP contribution >= 0.6 is 39.7 Å². The van der Waals surface area contributed by atoms with Crippen LogP contribution in [-0.2, 0) is 6.18 Å². The summed E-state index contributed by atoms with van der Waals surface area (Å²) in [7, 11) is 0. The van der Waals surface area contributed by atoms with Crippen molar-refractivity contribution in [3.05, 3.63) is 27.2 Å². The lowest BCUT2D eigenvalue weighted by Crippen LogP contribution is -2.05. The number of hydrogen-bond donors (Lipinski definition) is 0. The highest BCUT2D eigenvalue weighted by atomic mass is 79.9. The van der Waals surface area contributed by atoms with Gasteiger partial charge in [-0.15, -0.1) is 0 Å². The first kappa shape index (κ1) is 12.6. The third-order valence-electron chi connectivity index (χ3n) is 1.49. The van der Waals surface area contributed by atoms with Gasteiger partial charge in [-0.2, -0.15) is 18.2 Å². The predicted molar refractivity (Wildman–Crippen MR) is 58.8 cm³/mol. The third kappa shape index (κ3) is 3.01. The number of aliphatic imine (C=N–C) groups is 1. The number of thiocarbonyl (C=S) groups is 1. The van der Waals surface area contributed by atoms with Crippen LogP contribution in [0.4, 0.5) is 18.9 Å². The summed E-state index contributed by atoms with van der Waals surface area (Å²) < 4.78 is 37.7. The second-order valence-corrected chi connectivity index (χ2v) is 3.96. The number of rotatable bonds is 1. The van der Waals surface area contributed by atoms with E-state index in [0.29, 0.717) is 0 Å². The quantitative estimate of drug-likeness (QED) is 0.532. The van der Waals surface area contributed by atoms with Crippen LogP contribution in [0.25, 0.3) is 0 Å². The highest BCUT2D eigenvalue weighted by molar-refractivity contribution is 9.10. The molecule has 1 rings (SSSR count). The third-order valence-corrected chi connectivity index (χ3v) is 2.41. The van der Waals surface area contributed by atoms with Gasteiger partial charge in [-0.25, -0.2) is 0 Å². The van der Waals surface area contributed by atoms with E-state index in [9.17, 15) is 13.2 Å². The van der Waals surface area contributed by atoms with E-state index in [4.69, 9.17) is 11.6 Å². The van der Waals surface area contributed by atoms with Crippen LogP contribution in [0.3, 0.4) is 0 Å². The standard InChI is InChI=1S/C8H2BrClF3NS/c9-6-2-4(10)1-5(8(11,12)13)7(6)14-3-15/h1-2H.